The van der Waals surface area contributed by atoms with Crippen LogP contribution in [0.5, 0.6) is 0 Å². The second-order valence-corrected chi connectivity index (χ2v) is 11.5. The molecule has 2 saturated carbocycles. The predicted octanol–water partition coefficient (Wildman–Crippen LogP) is 5.25. The largest absolute Gasteiger partial charge is 0.416 e. The summed E-state index contributed by atoms with van der Waals surface area (Å²) in [6, 6.07) is 12.4. The predicted molar refractivity (Wildman–Crippen MR) is 138 cm³/mol. The molecule has 0 atom stereocenters. The Morgan fingerprint density at radius 3 is 2.59 bits per heavy atom. The highest BCUT2D eigenvalue weighted by Crippen LogP contribution is 2.52. The zero-order valence-electron chi connectivity index (χ0n) is 21.8. The molecule has 2 heterocycles. The SMILES string of the molecule is Cn1cnnc1[C@]1(c2cccc(N3Cc4c(cc(CNC5(C)CCC5)cc4C(F)(F)F)C3=O)c2)C[C@H](C#N)C1. The van der Waals surface area contributed by atoms with Gasteiger partial charge in [0.05, 0.1) is 23.6 Å². The van der Waals surface area contributed by atoms with Crippen LogP contribution in [-0.4, -0.2) is 26.2 Å². The number of hydrogen-bond donors (Lipinski definition) is 1. The summed E-state index contributed by atoms with van der Waals surface area (Å²) < 4.78 is 44.4. The molecule has 1 aliphatic heterocycles. The second-order valence-electron chi connectivity index (χ2n) is 11.5. The van der Waals surface area contributed by atoms with Crippen molar-refractivity contribution in [2.24, 2.45) is 13.0 Å². The first-order chi connectivity index (χ1) is 18.5. The van der Waals surface area contributed by atoms with E-state index in [-0.39, 0.29) is 35.7 Å². The molecule has 0 bridgehead atoms. The molecule has 1 amide bonds. The number of amides is 1. The molecule has 0 unspecified atom stereocenters. The van der Waals surface area contributed by atoms with Crippen molar-refractivity contribution in [2.75, 3.05) is 4.90 Å². The van der Waals surface area contributed by atoms with Gasteiger partial charge in [-0.05, 0) is 80.0 Å². The highest BCUT2D eigenvalue weighted by Gasteiger charge is 2.50. The van der Waals surface area contributed by atoms with Crippen LogP contribution >= 0.6 is 0 Å². The van der Waals surface area contributed by atoms with Crippen LogP contribution in [0.1, 0.15) is 77.5 Å². The average Bonchev–Trinajstić information content (AvgIpc) is 3.44. The molecule has 6 rings (SSSR count). The van der Waals surface area contributed by atoms with Gasteiger partial charge < -0.3 is 14.8 Å². The lowest BCUT2D eigenvalue weighted by molar-refractivity contribution is -0.138. The summed E-state index contributed by atoms with van der Waals surface area (Å²) in [6.07, 6.45) is 1.21. The van der Waals surface area contributed by atoms with Gasteiger partial charge in [-0.25, -0.2) is 0 Å². The highest BCUT2D eigenvalue weighted by molar-refractivity contribution is 6.10. The standard InChI is InChI=1S/C29H29F3N6O/c1-27(7-4-8-27)34-15-18-9-22-23(24(10-18)29(30,31)32)16-38(25(22)39)21-6-3-5-20(11-21)28(12-19(13-28)14-33)26-36-35-17-37(26)2/h3,5-6,9-11,17,19,34H,4,7-8,12-13,15-16H2,1-2H3/t19-,28+. The van der Waals surface area contributed by atoms with Crippen molar-refractivity contribution < 1.29 is 18.0 Å². The average molecular weight is 535 g/mol. The molecule has 1 aromatic heterocycles. The van der Waals surface area contributed by atoms with Crippen LogP contribution in [0.4, 0.5) is 18.9 Å². The third-order valence-electron chi connectivity index (χ3n) is 8.81. The Bertz CT molecular complexity index is 1490. The van der Waals surface area contributed by atoms with Crippen molar-refractivity contribution in [1.82, 2.24) is 20.1 Å². The number of aromatic nitrogens is 3. The summed E-state index contributed by atoms with van der Waals surface area (Å²) in [5, 5.41) is 21.2. The van der Waals surface area contributed by atoms with E-state index in [1.807, 2.05) is 23.7 Å². The van der Waals surface area contributed by atoms with Crippen LogP contribution in [0.15, 0.2) is 42.7 Å². The number of carbonyl (C=O) groups excluding carboxylic acids is 1. The summed E-state index contributed by atoms with van der Waals surface area (Å²) in [6.45, 7) is 2.19. The van der Waals surface area contributed by atoms with Crippen molar-refractivity contribution in [2.45, 2.75) is 69.2 Å². The molecule has 3 aromatic rings. The zero-order chi connectivity index (χ0) is 27.6. The molecule has 0 saturated heterocycles. The highest BCUT2D eigenvalue weighted by atomic mass is 19.4. The summed E-state index contributed by atoms with van der Waals surface area (Å²) in [5.41, 5.74) is 0.565. The number of fused-ring (bicyclic) bond motifs is 1. The topological polar surface area (TPSA) is 86.8 Å². The Kier molecular flexibility index (Phi) is 5.84. The number of hydrogen-bond acceptors (Lipinski definition) is 5. The molecule has 2 aromatic carbocycles. The lowest BCUT2D eigenvalue weighted by atomic mass is 9.58. The normalized spacial score (nSPS) is 23.6. The van der Waals surface area contributed by atoms with Crippen LogP contribution in [0.3, 0.4) is 0 Å². The molecule has 0 spiro atoms. The van der Waals surface area contributed by atoms with Gasteiger partial charge in [0.25, 0.3) is 5.91 Å². The molecule has 3 aliphatic rings. The lowest BCUT2D eigenvalue weighted by Gasteiger charge is -2.44. The van der Waals surface area contributed by atoms with Crippen LogP contribution < -0.4 is 10.2 Å². The van der Waals surface area contributed by atoms with Gasteiger partial charge in [-0.15, -0.1) is 10.2 Å². The van der Waals surface area contributed by atoms with Gasteiger partial charge >= 0.3 is 6.18 Å². The van der Waals surface area contributed by atoms with E-state index < -0.39 is 23.1 Å². The molecule has 39 heavy (non-hydrogen) atoms. The fraction of sp³-hybridized carbons (Fsp3) is 0.448. The van der Waals surface area contributed by atoms with Crippen molar-refractivity contribution in [3.05, 3.63) is 76.4 Å². The van der Waals surface area contributed by atoms with Crippen LogP contribution in [0.2, 0.25) is 0 Å². The third kappa shape index (κ3) is 4.20. The number of nitriles is 1. The van der Waals surface area contributed by atoms with E-state index in [0.29, 0.717) is 24.1 Å². The summed E-state index contributed by atoms with van der Waals surface area (Å²) >= 11 is 0. The zero-order valence-corrected chi connectivity index (χ0v) is 21.8. The molecule has 0 radical (unpaired) electrons. The van der Waals surface area contributed by atoms with Crippen LogP contribution in [0, 0.1) is 17.2 Å². The number of nitrogens with one attached hydrogen (secondary N) is 1. The van der Waals surface area contributed by atoms with Gasteiger partial charge in [0.1, 0.15) is 12.2 Å². The molecule has 2 fully saturated rings. The maximum atomic E-state index is 14.2. The monoisotopic (exact) mass is 534 g/mol. The van der Waals surface area contributed by atoms with Crippen molar-refractivity contribution in [1.29, 1.82) is 5.26 Å². The van der Waals surface area contributed by atoms with Gasteiger partial charge in [0.15, 0.2) is 0 Å². The van der Waals surface area contributed by atoms with Crippen molar-refractivity contribution in [3.8, 4) is 6.07 Å². The quantitative estimate of drug-likeness (QED) is 0.467. The lowest BCUT2D eigenvalue weighted by Crippen LogP contribution is -2.47. The second kappa shape index (κ2) is 8.91. The van der Waals surface area contributed by atoms with Crippen LogP contribution in [-0.2, 0) is 31.7 Å². The van der Waals surface area contributed by atoms with Gasteiger partial charge in [-0.2, -0.15) is 18.4 Å². The van der Waals surface area contributed by atoms with Gasteiger partial charge in [-0.1, -0.05) is 12.1 Å². The molecular formula is C29H29F3N6O. The van der Waals surface area contributed by atoms with E-state index >= 15 is 0 Å². The molecular weight excluding hydrogens is 505 g/mol. The fourth-order valence-corrected chi connectivity index (χ4v) is 6.34. The van der Waals surface area contributed by atoms with Gasteiger partial charge in [0, 0.05) is 36.3 Å². The van der Waals surface area contributed by atoms with E-state index in [4.69, 9.17) is 0 Å². The van der Waals surface area contributed by atoms with E-state index in [2.05, 4.69) is 28.5 Å². The Morgan fingerprint density at radius 1 is 1.21 bits per heavy atom. The van der Waals surface area contributed by atoms with Gasteiger partial charge in [0.2, 0.25) is 0 Å². The summed E-state index contributed by atoms with van der Waals surface area (Å²) in [4.78, 5) is 15.0. The van der Waals surface area contributed by atoms with Crippen LogP contribution in [0.25, 0.3) is 0 Å². The minimum atomic E-state index is -4.58. The number of rotatable bonds is 6. The molecule has 202 valence electrons. The number of halogens is 3. The molecule has 1 N–H and O–H groups in total. The number of nitrogens with zero attached hydrogens (tertiary/aromatic N) is 5. The minimum Gasteiger partial charge on any atom is -0.320 e. The summed E-state index contributed by atoms with van der Waals surface area (Å²) in [7, 11) is 1.84. The Hall–Kier alpha value is -3.71. The number of aryl methyl sites for hydroxylation is 1. The number of anilines is 1. The number of carbonyl (C=O) groups is 1. The Morgan fingerprint density at radius 2 is 1.97 bits per heavy atom. The maximum absolute atomic E-state index is 14.2. The number of alkyl halides is 3. The maximum Gasteiger partial charge on any atom is 0.416 e. The van der Waals surface area contributed by atoms with Gasteiger partial charge in [-0.3, -0.25) is 4.79 Å². The minimum absolute atomic E-state index is 0.00714. The first-order valence-corrected chi connectivity index (χ1v) is 13.2. The van der Waals surface area contributed by atoms with Crippen molar-refractivity contribution in [3.63, 3.8) is 0 Å². The first-order valence-electron chi connectivity index (χ1n) is 13.2. The molecule has 10 heteroatoms. The third-order valence-corrected chi connectivity index (χ3v) is 8.81. The molecule has 7 nitrogen and oxygen atoms in total. The van der Waals surface area contributed by atoms with E-state index in [1.54, 1.807) is 24.5 Å². The fourth-order valence-electron chi connectivity index (χ4n) is 6.34. The van der Waals surface area contributed by atoms with Crippen molar-refractivity contribution >= 4 is 11.6 Å². The van der Waals surface area contributed by atoms with E-state index in [1.165, 1.54) is 11.0 Å². The van der Waals surface area contributed by atoms with E-state index in [9.17, 15) is 23.2 Å². The Labute approximate surface area is 224 Å². The molecule has 2 aliphatic carbocycles. The smallest absolute Gasteiger partial charge is 0.320 e. The summed E-state index contributed by atoms with van der Waals surface area (Å²) in [5.74, 6) is 0.144. The van der Waals surface area contributed by atoms with E-state index in [0.717, 1.165) is 30.7 Å². The Balaban J connectivity index is 1.34. The first kappa shape index (κ1) is 25.6. The number of benzene rings is 2.